The van der Waals surface area contributed by atoms with Crippen molar-refractivity contribution in [2.45, 2.75) is 19.4 Å². The predicted molar refractivity (Wildman–Crippen MR) is 59.9 cm³/mol. The van der Waals surface area contributed by atoms with Gasteiger partial charge >= 0.3 is 0 Å². The molecule has 1 rings (SSSR count). The fourth-order valence-electron chi connectivity index (χ4n) is 0.995. The van der Waals surface area contributed by atoms with Crippen LogP contribution in [0.3, 0.4) is 0 Å². The average molecular weight is 260 g/mol. The summed E-state index contributed by atoms with van der Waals surface area (Å²) in [7, 11) is 0. The van der Waals surface area contributed by atoms with Gasteiger partial charge in [-0.2, -0.15) is 0 Å². The first kappa shape index (κ1) is 13.4. The molecule has 0 saturated carbocycles. The minimum atomic E-state index is -1.26. The first-order chi connectivity index (χ1) is 7.74. The topological polar surface area (TPSA) is 85.1 Å². The molecule has 5 nitrogen and oxygen atoms in total. The molecule has 7 heteroatoms. The largest absolute Gasteiger partial charge is 0.368 e. The molecule has 0 spiro atoms. The highest BCUT2D eigenvalue weighted by Crippen LogP contribution is 2.14. The van der Waals surface area contributed by atoms with Crippen molar-refractivity contribution in [3.63, 3.8) is 0 Å². The second-order valence-electron chi connectivity index (χ2n) is 3.94. The Hall–Kier alpha value is -1.69. The molecule has 0 atom stereocenters. The molecular formula is C10H11ClFN3O2. The number of rotatable bonds is 3. The lowest BCUT2D eigenvalue weighted by molar-refractivity contribution is -0.122. The number of carbonyl (C=O) groups is 2. The molecule has 1 aromatic rings. The molecule has 1 heterocycles. The van der Waals surface area contributed by atoms with E-state index in [-0.39, 0.29) is 10.7 Å². The Morgan fingerprint density at radius 3 is 2.65 bits per heavy atom. The Balaban J connectivity index is 2.98. The first-order valence-corrected chi connectivity index (χ1v) is 5.05. The second kappa shape index (κ2) is 4.67. The van der Waals surface area contributed by atoms with E-state index >= 15 is 0 Å². The second-order valence-corrected chi connectivity index (χ2v) is 4.29. The van der Waals surface area contributed by atoms with Gasteiger partial charge in [0.15, 0.2) is 0 Å². The van der Waals surface area contributed by atoms with Gasteiger partial charge in [-0.15, -0.1) is 0 Å². The molecule has 2 amide bonds. The Kier molecular flexibility index (Phi) is 3.67. The fraction of sp³-hybridized carbons (Fsp3) is 0.300. The van der Waals surface area contributed by atoms with Crippen LogP contribution in [-0.4, -0.2) is 22.3 Å². The van der Waals surface area contributed by atoms with Gasteiger partial charge in [0.2, 0.25) is 5.91 Å². The predicted octanol–water partition coefficient (Wildman–Crippen LogP) is 0.868. The summed E-state index contributed by atoms with van der Waals surface area (Å²) in [4.78, 5) is 26.2. The minimum absolute atomic E-state index is 0.149. The van der Waals surface area contributed by atoms with E-state index in [0.717, 1.165) is 12.3 Å². The van der Waals surface area contributed by atoms with E-state index in [1.165, 1.54) is 13.8 Å². The molecule has 0 unspecified atom stereocenters. The Morgan fingerprint density at radius 2 is 2.12 bits per heavy atom. The third kappa shape index (κ3) is 3.13. The molecule has 0 aliphatic carbocycles. The summed E-state index contributed by atoms with van der Waals surface area (Å²) >= 11 is 5.64. The number of amides is 2. The zero-order valence-corrected chi connectivity index (χ0v) is 10.0. The van der Waals surface area contributed by atoms with Crippen molar-refractivity contribution >= 4 is 23.4 Å². The van der Waals surface area contributed by atoms with Gasteiger partial charge in [0.05, 0.1) is 11.8 Å². The number of nitrogens with one attached hydrogen (secondary N) is 1. The van der Waals surface area contributed by atoms with Gasteiger partial charge in [-0.1, -0.05) is 11.6 Å². The van der Waals surface area contributed by atoms with Crippen LogP contribution < -0.4 is 11.1 Å². The van der Waals surface area contributed by atoms with Crippen LogP contribution in [0, 0.1) is 5.82 Å². The van der Waals surface area contributed by atoms with Crippen molar-refractivity contribution < 1.29 is 14.0 Å². The van der Waals surface area contributed by atoms with Crippen LogP contribution in [0.4, 0.5) is 4.39 Å². The highest BCUT2D eigenvalue weighted by Gasteiger charge is 2.28. The highest BCUT2D eigenvalue weighted by atomic mass is 35.5. The Bertz CT molecular complexity index is 477. The number of nitrogens with zero attached hydrogens (tertiary/aromatic N) is 1. The molecule has 0 bridgehead atoms. The van der Waals surface area contributed by atoms with Crippen molar-refractivity contribution in [2.24, 2.45) is 5.73 Å². The number of hydrogen-bond donors (Lipinski definition) is 2. The summed E-state index contributed by atoms with van der Waals surface area (Å²) in [6.45, 7) is 2.85. The summed E-state index contributed by atoms with van der Waals surface area (Å²) in [5.41, 5.74) is 3.68. The summed E-state index contributed by atoms with van der Waals surface area (Å²) in [5, 5.41) is 2.19. The normalized spacial score (nSPS) is 11.1. The maximum atomic E-state index is 12.9. The van der Waals surface area contributed by atoms with E-state index in [4.69, 9.17) is 17.3 Å². The van der Waals surface area contributed by atoms with E-state index in [0.29, 0.717) is 0 Å². The number of primary amides is 1. The van der Waals surface area contributed by atoms with E-state index < -0.39 is 23.2 Å². The Morgan fingerprint density at radius 1 is 1.53 bits per heavy atom. The summed E-state index contributed by atoms with van der Waals surface area (Å²) < 4.78 is 12.9. The molecule has 1 aromatic heterocycles. The quantitative estimate of drug-likeness (QED) is 0.790. The van der Waals surface area contributed by atoms with Crippen LogP contribution in [-0.2, 0) is 4.79 Å². The summed E-state index contributed by atoms with van der Waals surface area (Å²) in [6, 6.07) is 0.932. The molecule has 0 aliphatic rings. The van der Waals surface area contributed by atoms with Crippen LogP contribution in [0.1, 0.15) is 24.2 Å². The molecular weight excluding hydrogens is 249 g/mol. The van der Waals surface area contributed by atoms with Crippen LogP contribution in [0.5, 0.6) is 0 Å². The van der Waals surface area contributed by atoms with Crippen LogP contribution in [0.15, 0.2) is 12.3 Å². The lowest BCUT2D eigenvalue weighted by Crippen LogP contribution is -2.53. The third-order valence-electron chi connectivity index (χ3n) is 2.09. The van der Waals surface area contributed by atoms with E-state index in [2.05, 4.69) is 10.3 Å². The zero-order chi connectivity index (χ0) is 13.2. The number of aromatic nitrogens is 1. The van der Waals surface area contributed by atoms with Crippen molar-refractivity contribution in [3.05, 3.63) is 28.8 Å². The molecule has 17 heavy (non-hydrogen) atoms. The third-order valence-corrected chi connectivity index (χ3v) is 2.39. The maximum Gasteiger partial charge on any atom is 0.255 e. The maximum absolute atomic E-state index is 12.9. The monoisotopic (exact) mass is 259 g/mol. The van der Waals surface area contributed by atoms with Crippen molar-refractivity contribution in [1.29, 1.82) is 0 Å². The molecule has 0 radical (unpaired) electrons. The molecule has 0 aliphatic heterocycles. The highest BCUT2D eigenvalue weighted by molar-refractivity contribution is 6.32. The molecule has 0 saturated heterocycles. The van der Waals surface area contributed by atoms with E-state index in [1.807, 2.05) is 0 Å². The molecule has 92 valence electrons. The fourth-order valence-corrected chi connectivity index (χ4v) is 1.18. The van der Waals surface area contributed by atoms with Gasteiger partial charge < -0.3 is 11.1 Å². The Labute approximate surface area is 102 Å². The van der Waals surface area contributed by atoms with E-state index in [9.17, 15) is 14.0 Å². The average Bonchev–Trinajstić information content (AvgIpc) is 2.20. The van der Waals surface area contributed by atoms with Gasteiger partial charge in [0, 0.05) is 0 Å². The lowest BCUT2D eigenvalue weighted by atomic mass is 10.0. The lowest BCUT2D eigenvalue weighted by Gasteiger charge is -2.22. The van der Waals surface area contributed by atoms with Crippen LogP contribution in [0.25, 0.3) is 0 Å². The number of nitrogens with two attached hydrogens (primary N) is 1. The smallest absolute Gasteiger partial charge is 0.255 e. The first-order valence-electron chi connectivity index (χ1n) is 4.67. The van der Waals surface area contributed by atoms with Gasteiger partial charge in [-0.05, 0) is 19.9 Å². The zero-order valence-electron chi connectivity index (χ0n) is 9.25. The van der Waals surface area contributed by atoms with Crippen LogP contribution in [0.2, 0.25) is 5.15 Å². The van der Waals surface area contributed by atoms with Crippen molar-refractivity contribution in [3.8, 4) is 0 Å². The number of carbonyl (C=O) groups excluding carboxylic acids is 2. The molecule has 3 N–H and O–H groups in total. The van der Waals surface area contributed by atoms with Crippen molar-refractivity contribution in [1.82, 2.24) is 10.3 Å². The van der Waals surface area contributed by atoms with Crippen molar-refractivity contribution in [2.75, 3.05) is 0 Å². The number of pyridine rings is 1. The van der Waals surface area contributed by atoms with Gasteiger partial charge in [-0.3, -0.25) is 9.59 Å². The van der Waals surface area contributed by atoms with Crippen LogP contribution >= 0.6 is 11.6 Å². The molecule has 0 fully saturated rings. The van der Waals surface area contributed by atoms with Gasteiger partial charge in [0.25, 0.3) is 5.91 Å². The SMILES string of the molecule is CC(C)(NC(=O)c1cc(F)cnc1Cl)C(N)=O. The van der Waals surface area contributed by atoms with Gasteiger partial charge in [0.1, 0.15) is 16.5 Å². The number of hydrogen-bond acceptors (Lipinski definition) is 3. The minimum Gasteiger partial charge on any atom is -0.368 e. The number of halogens is 2. The van der Waals surface area contributed by atoms with Gasteiger partial charge in [-0.25, -0.2) is 9.37 Å². The summed E-state index contributed by atoms with van der Waals surface area (Å²) in [6.07, 6.45) is 0.887. The molecule has 0 aromatic carbocycles. The van der Waals surface area contributed by atoms with E-state index in [1.54, 1.807) is 0 Å². The standard InChI is InChI=1S/C10H11ClFN3O2/c1-10(2,9(13)17)15-8(16)6-3-5(12)4-14-7(6)11/h3-4H,1-2H3,(H2,13,17)(H,15,16). The summed E-state index contributed by atoms with van der Waals surface area (Å²) in [5.74, 6) is -2.13.